The molecule has 0 aliphatic carbocycles. The molecule has 10 heteroatoms. The molecule has 2 aromatic rings. The predicted molar refractivity (Wildman–Crippen MR) is 102 cm³/mol. The maximum atomic E-state index is 12.7. The van der Waals surface area contributed by atoms with Crippen LogP contribution in [0.3, 0.4) is 0 Å². The molecule has 0 unspecified atom stereocenters. The van der Waals surface area contributed by atoms with Gasteiger partial charge in [0.25, 0.3) is 0 Å². The fourth-order valence-corrected chi connectivity index (χ4v) is 2.98. The molecule has 0 bridgehead atoms. The average molecular weight is 429 g/mol. The molecular formula is C19H20ClF3N4O2. The van der Waals surface area contributed by atoms with Gasteiger partial charge in [0, 0.05) is 30.9 Å². The molecule has 2 heterocycles. The molecule has 6 nitrogen and oxygen atoms in total. The monoisotopic (exact) mass is 428 g/mol. The van der Waals surface area contributed by atoms with Crippen LogP contribution in [0.1, 0.15) is 37.8 Å². The normalized spacial score (nSPS) is 15.1. The molecule has 1 N–H and O–H groups in total. The highest BCUT2D eigenvalue weighted by Crippen LogP contribution is 2.34. The summed E-state index contributed by atoms with van der Waals surface area (Å²) < 4.78 is 43.5. The number of nitrogens with one attached hydrogen (secondary N) is 1. The summed E-state index contributed by atoms with van der Waals surface area (Å²) in [5.74, 6) is 0.170. The minimum Gasteiger partial charge on any atom is -0.444 e. The van der Waals surface area contributed by atoms with E-state index in [-0.39, 0.29) is 18.0 Å². The summed E-state index contributed by atoms with van der Waals surface area (Å²) in [6.07, 6.45) is -4.29. The second-order valence-corrected chi connectivity index (χ2v) is 8.08. The molecule has 3 rings (SSSR count). The van der Waals surface area contributed by atoms with E-state index in [4.69, 9.17) is 16.3 Å². The Morgan fingerprint density at radius 1 is 1.21 bits per heavy atom. The van der Waals surface area contributed by atoms with Gasteiger partial charge in [-0.25, -0.2) is 14.8 Å². The minimum absolute atomic E-state index is 0.0319. The number of nitrogens with zero attached hydrogens (tertiary/aromatic N) is 3. The Kier molecular flexibility index (Phi) is 5.62. The second kappa shape index (κ2) is 7.70. The highest BCUT2D eigenvalue weighted by atomic mass is 35.5. The minimum atomic E-state index is -4.60. The van der Waals surface area contributed by atoms with Crippen LogP contribution in [-0.4, -0.2) is 39.7 Å². The van der Waals surface area contributed by atoms with Crippen LogP contribution in [0, 0.1) is 0 Å². The third-order valence-corrected chi connectivity index (χ3v) is 4.51. The van der Waals surface area contributed by atoms with E-state index >= 15 is 0 Å². The molecule has 0 spiro atoms. The molecule has 29 heavy (non-hydrogen) atoms. The number of alkyl halides is 3. The Bertz CT molecular complexity index is 892. The number of likely N-dealkylation sites (tertiary alicyclic amines) is 1. The number of benzene rings is 1. The first kappa shape index (κ1) is 21.2. The Hall–Kier alpha value is -2.55. The fourth-order valence-electron chi connectivity index (χ4n) is 2.74. The smallest absolute Gasteiger partial charge is 0.420 e. The van der Waals surface area contributed by atoms with Crippen LogP contribution in [0.4, 0.5) is 29.6 Å². The van der Waals surface area contributed by atoms with E-state index < -0.39 is 22.5 Å². The van der Waals surface area contributed by atoms with E-state index in [1.54, 1.807) is 17.0 Å². The molecule has 1 aliphatic heterocycles. The van der Waals surface area contributed by atoms with E-state index in [0.29, 0.717) is 25.0 Å². The number of halogens is 4. The van der Waals surface area contributed by atoms with Gasteiger partial charge in [0.15, 0.2) is 0 Å². The van der Waals surface area contributed by atoms with Gasteiger partial charge in [-0.15, -0.1) is 0 Å². The van der Waals surface area contributed by atoms with E-state index in [2.05, 4.69) is 15.3 Å². The van der Waals surface area contributed by atoms with Gasteiger partial charge in [-0.05, 0) is 38.5 Å². The maximum absolute atomic E-state index is 12.7. The largest absolute Gasteiger partial charge is 0.444 e. The number of hydrogen-bond donors (Lipinski definition) is 1. The molecule has 0 atom stereocenters. The van der Waals surface area contributed by atoms with Crippen LogP contribution in [-0.2, 0) is 10.9 Å². The van der Waals surface area contributed by atoms with Crippen LogP contribution in [0.15, 0.2) is 30.5 Å². The van der Waals surface area contributed by atoms with E-state index in [0.717, 1.165) is 5.56 Å². The summed E-state index contributed by atoms with van der Waals surface area (Å²) in [5, 5.41) is 2.16. The Morgan fingerprint density at radius 2 is 1.83 bits per heavy atom. The summed E-state index contributed by atoms with van der Waals surface area (Å²) in [5.41, 5.74) is 0.0351. The molecule has 156 valence electrons. The summed E-state index contributed by atoms with van der Waals surface area (Å²) in [6, 6.07) is 7.29. The summed E-state index contributed by atoms with van der Waals surface area (Å²) >= 11 is 5.60. The number of rotatable bonds is 3. The summed E-state index contributed by atoms with van der Waals surface area (Å²) in [7, 11) is 0. The fraction of sp³-hybridized carbons (Fsp3) is 0.421. The number of ether oxygens (including phenoxy) is 1. The Balaban J connectivity index is 1.58. The number of carbonyl (C=O) groups is 1. The van der Waals surface area contributed by atoms with Gasteiger partial charge in [-0.3, -0.25) is 0 Å². The van der Waals surface area contributed by atoms with Gasteiger partial charge >= 0.3 is 12.3 Å². The molecule has 1 aromatic carbocycles. The predicted octanol–water partition coefficient (Wildman–Crippen LogP) is 5.23. The van der Waals surface area contributed by atoms with Crippen molar-refractivity contribution in [1.82, 2.24) is 14.9 Å². The van der Waals surface area contributed by atoms with Gasteiger partial charge in [-0.2, -0.15) is 13.2 Å². The second-order valence-electron chi connectivity index (χ2n) is 7.73. The topological polar surface area (TPSA) is 67.3 Å². The number of carbonyl (C=O) groups excluding carboxylic acids is 1. The van der Waals surface area contributed by atoms with Crippen LogP contribution in [0.5, 0.6) is 0 Å². The van der Waals surface area contributed by atoms with Crippen molar-refractivity contribution in [2.75, 3.05) is 18.4 Å². The van der Waals surface area contributed by atoms with Gasteiger partial charge < -0.3 is 15.0 Å². The third-order valence-electron chi connectivity index (χ3n) is 4.22. The lowest BCUT2D eigenvalue weighted by molar-refractivity contribution is -0.137. The van der Waals surface area contributed by atoms with E-state index in [1.165, 1.54) is 0 Å². The lowest BCUT2D eigenvalue weighted by atomic mass is 9.92. The molecular weight excluding hydrogens is 409 g/mol. The summed E-state index contributed by atoms with van der Waals surface area (Å²) in [6.45, 7) is 6.60. The Labute approximate surface area is 171 Å². The molecule has 0 saturated carbocycles. The maximum Gasteiger partial charge on any atom is 0.420 e. The van der Waals surface area contributed by atoms with Crippen molar-refractivity contribution >= 4 is 29.3 Å². The zero-order chi connectivity index (χ0) is 21.4. The standard InChI is InChI=1S/C19H20ClF3N4O2/c1-18(2,3)29-17(28)27-9-12(10-27)11-4-6-13(7-5-11)25-16-24-8-14(15(20)26-16)19(21,22)23/h4-8,12H,9-10H2,1-3H3,(H,24,25,26). The van der Waals surface area contributed by atoms with Crippen LogP contribution < -0.4 is 5.32 Å². The van der Waals surface area contributed by atoms with Gasteiger partial charge in [0.1, 0.15) is 16.3 Å². The zero-order valence-electron chi connectivity index (χ0n) is 16.0. The van der Waals surface area contributed by atoms with Crippen LogP contribution in [0.2, 0.25) is 5.15 Å². The first-order chi connectivity index (χ1) is 13.4. The molecule has 1 aromatic heterocycles. The van der Waals surface area contributed by atoms with Gasteiger partial charge in [-0.1, -0.05) is 23.7 Å². The summed E-state index contributed by atoms with van der Waals surface area (Å²) in [4.78, 5) is 20.9. The Morgan fingerprint density at radius 3 is 2.34 bits per heavy atom. The van der Waals surface area contributed by atoms with E-state index in [1.807, 2.05) is 32.9 Å². The van der Waals surface area contributed by atoms with Crippen molar-refractivity contribution in [2.24, 2.45) is 0 Å². The SMILES string of the molecule is CC(C)(C)OC(=O)N1CC(c2ccc(Nc3ncc(C(F)(F)F)c(Cl)n3)cc2)C1. The van der Waals surface area contributed by atoms with Crippen molar-refractivity contribution in [3.05, 3.63) is 46.7 Å². The molecule has 0 radical (unpaired) electrons. The third kappa shape index (κ3) is 5.29. The first-order valence-corrected chi connectivity index (χ1v) is 9.25. The number of hydrogen-bond acceptors (Lipinski definition) is 5. The van der Waals surface area contributed by atoms with Crippen LogP contribution in [0.25, 0.3) is 0 Å². The van der Waals surface area contributed by atoms with E-state index in [9.17, 15) is 18.0 Å². The van der Waals surface area contributed by atoms with Crippen molar-refractivity contribution in [3.63, 3.8) is 0 Å². The van der Waals surface area contributed by atoms with Crippen molar-refractivity contribution in [2.45, 2.75) is 38.5 Å². The van der Waals surface area contributed by atoms with Gasteiger partial charge in [0.05, 0.1) is 0 Å². The van der Waals surface area contributed by atoms with Gasteiger partial charge in [0.2, 0.25) is 5.95 Å². The lowest BCUT2D eigenvalue weighted by Gasteiger charge is -2.40. The number of amides is 1. The van der Waals surface area contributed by atoms with Crippen molar-refractivity contribution < 1.29 is 22.7 Å². The highest BCUT2D eigenvalue weighted by Gasteiger charge is 2.35. The van der Waals surface area contributed by atoms with Crippen molar-refractivity contribution in [3.8, 4) is 0 Å². The average Bonchev–Trinajstić information content (AvgIpc) is 2.52. The quantitative estimate of drug-likeness (QED) is 0.678. The number of aromatic nitrogens is 2. The lowest BCUT2D eigenvalue weighted by Crippen LogP contribution is -2.50. The molecule has 1 aliphatic rings. The molecule has 1 amide bonds. The van der Waals surface area contributed by atoms with Crippen molar-refractivity contribution in [1.29, 1.82) is 0 Å². The zero-order valence-corrected chi connectivity index (χ0v) is 16.8. The number of anilines is 2. The first-order valence-electron chi connectivity index (χ1n) is 8.87. The van der Waals surface area contributed by atoms with Crippen LogP contribution >= 0.6 is 11.6 Å². The molecule has 1 saturated heterocycles. The molecule has 1 fully saturated rings. The highest BCUT2D eigenvalue weighted by molar-refractivity contribution is 6.30.